The largest absolute Gasteiger partial charge is 0.461 e. The van der Waals surface area contributed by atoms with Gasteiger partial charge in [0.05, 0.1) is 12.4 Å². The normalized spacial score (nSPS) is 11.1. The number of ether oxygens (including phenoxy) is 1. The van der Waals surface area contributed by atoms with Gasteiger partial charge in [-0.1, -0.05) is 6.92 Å². The van der Waals surface area contributed by atoms with Crippen LogP contribution in [0.1, 0.15) is 34.1 Å². The third-order valence-electron chi connectivity index (χ3n) is 2.33. The number of thiazole rings is 1. The molecule has 1 aromatic heterocycles. The zero-order chi connectivity index (χ0) is 15.2. The van der Waals surface area contributed by atoms with Gasteiger partial charge >= 0.3 is 5.97 Å². The summed E-state index contributed by atoms with van der Waals surface area (Å²) in [6.07, 6.45) is 0. The van der Waals surface area contributed by atoms with Crippen molar-refractivity contribution in [3.8, 4) is 0 Å². The second-order valence-corrected chi connectivity index (χ2v) is 7.08. The minimum Gasteiger partial charge on any atom is -0.461 e. The van der Waals surface area contributed by atoms with Gasteiger partial charge in [0.1, 0.15) is 5.69 Å². The second-order valence-electron chi connectivity index (χ2n) is 3.75. The molecule has 0 aliphatic heterocycles. The van der Waals surface area contributed by atoms with Crippen molar-refractivity contribution in [2.75, 3.05) is 24.7 Å². The Bertz CT molecular complexity index is 579. The number of carbonyl (C=O) groups is 2. The highest BCUT2D eigenvalue weighted by molar-refractivity contribution is 7.91. The molecule has 112 valence electrons. The molecule has 0 radical (unpaired) electrons. The average molecular weight is 320 g/mol. The number of carbonyl (C=O) groups excluding carboxylic acids is 2. The van der Waals surface area contributed by atoms with Crippen molar-refractivity contribution >= 4 is 33.1 Å². The van der Waals surface area contributed by atoms with Crippen molar-refractivity contribution in [1.82, 2.24) is 10.3 Å². The van der Waals surface area contributed by atoms with Crippen LogP contribution in [0.5, 0.6) is 0 Å². The van der Waals surface area contributed by atoms with Gasteiger partial charge in [-0.05, 0) is 6.92 Å². The third kappa shape index (κ3) is 4.89. The predicted octanol–water partition coefficient (Wildman–Crippen LogP) is 0.484. The first-order valence-corrected chi connectivity index (χ1v) is 8.71. The Kier molecular flexibility index (Phi) is 6.08. The van der Waals surface area contributed by atoms with Gasteiger partial charge in [0.15, 0.2) is 9.84 Å². The van der Waals surface area contributed by atoms with Gasteiger partial charge in [-0.15, -0.1) is 11.3 Å². The van der Waals surface area contributed by atoms with E-state index in [2.05, 4.69) is 10.3 Å². The fourth-order valence-corrected chi connectivity index (χ4v) is 2.61. The molecule has 0 atom stereocenters. The predicted molar refractivity (Wildman–Crippen MR) is 74.7 cm³/mol. The van der Waals surface area contributed by atoms with E-state index in [4.69, 9.17) is 4.74 Å². The van der Waals surface area contributed by atoms with E-state index in [0.29, 0.717) is 0 Å². The molecule has 0 unspecified atom stereocenters. The molecule has 0 spiro atoms. The number of esters is 1. The summed E-state index contributed by atoms with van der Waals surface area (Å²) in [5.41, 5.74) is 0.0759. The van der Waals surface area contributed by atoms with Crippen molar-refractivity contribution < 1.29 is 22.7 Å². The smallest absolute Gasteiger partial charge is 0.367 e. The number of amides is 1. The summed E-state index contributed by atoms with van der Waals surface area (Å²) in [5, 5.41) is 3.97. The minimum absolute atomic E-state index is 0.0152. The average Bonchev–Trinajstić information content (AvgIpc) is 2.88. The van der Waals surface area contributed by atoms with Gasteiger partial charge in [-0.3, -0.25) is 4.79 Å². The van der Waals surface area contributed by atoms with Crippen molar-refractivity contribution in [3.63, 3.8) is 0 Å². The molecule has 0 saturated heterocycles. The Morgan fingerprint density at radius 1 is 1.40 bits per heavy atom. The summed E-state index contributed by atoms with van der Waals surface area (Å²) in [4.78, 5) is 26.9. The number of rotatable bonds is 7. The van der Waals surface area contributed by atoms with Crippen molar-refractivity contribution in [2.24, 2.45) is 0 Å². The lowest BCUT2D eigenvalue weighted by Crippen LogP contribution is -2.29. The first-order valence-electron chi connectivity index (χ1n) is 6.01. The minimum atomic E-state index is -3.12. The fraction of sp³-hybridized carbons (Fsp3) is 0.545. The van der Waals surface area contributed by atoms with Crippen LogP contribution in [-0.4, -0.2) is 49.9 Å². The van der Waals surface area contributed by atoms with Crippen LogP contribution in [0.4, 0.5) is 0 Å². The van der Waals surface area contributed by atoms with Gasteiger partial charge < -0.3 is 10.1 Å². The molecular formula is C11H16N2O5S2. The monoisotopic (exact) mass is 320 g/mol. The lowest BCUT2D eigenvalue weighted by atomic mass is 10.4. The summed E-state index contributed by atoms with van der Waals surface area (Å²) in [6.45, 7) is 3.46. The maximum Gasteiger partial charge on any atom is 0.367 e. The summed E-state index contributed by atoms with van der Waals surface area (Å²) in [7, 11) is -3.12. The molecule has 7 nitrogen and oxygen atoms in total. The molecule has 0 bridgehead atoms. The fourth-order valence-electron chi connectivity index (χ4n) is 1.22. The molecular weight excluding hydrogens is 304 g/mol. The van der Waals surface area contributed by atoms with E-state index in [1.165, 1.54) is 5.38 Å². The van der Waals surface area contributed by atoms with Crippen LogP contribution in [-0.2, 0) is 14.6 Å². The molecule has 1 heterocycles. The molecule has 1 amide bonds. The number of aromatic nitrogens is 1. The number of nitrogens with zero attached hydrogens (tertiary/aromatic N) is 1. The highest BCUT2D eigenvalue weighted by Crippen LogP contribution is 2.11. The first-order chi connectivity index (χ1) is 9.39. The van der Waals surface area contributed by atoms with E-state index in [0.717, 1.165) is 11.3 Å². The van der Waals surface area contributed by atoms with E-state index in [9.17, 15) is 18.0 Å². The van der Waals surface area contributed by atoms with E-state index in [-0.39, 0.29) is 35.4 Å². The standard InChI is InChI=1S/C11H16N2O5S2/c1-3-18-11(15)10-13-8(7-19-10)9(14)12-5-6-20(16,17)4-2/h7H,3-6H2,1-2H3,(H,12,14). The summed E-state index contributed by atoms with van der Waals surface area (Å²) in [6, 6.07) is 0. The molecule has 0 aromatic carbocycles. The highest BCUT2D eigenvalue weighted by Gasteiger charge is 2.16. The van der Waals surface area contributed by atoms with Crippen LogP contribution in [0.3, 0.4) is 0 Å². The van der Waals surface area contributed by atoms with Crippen LogP contribution in [0.15, 0.2) is 5.38 Å². The maximum atomic E-state index is 11.7. The summed E-state index contributed by atoms with van der Waals surface area (Å²) < 4.78 is 27.3. The van der Waals surface area contributed by atoms with Crippen LogP contribution in [0.25, 0.3) is 0 Å². The van der Waals surface area contributed by atoms with E-state index in [1.54, 1.807) is 13.8 Å². The molecule has 1 rings (SSSR count). The van der Waals surface area contributed by atoms with E-state index < -0.39 is 21.7 Å². The van der Waals surface area contributed by atoms with Crippen LogP contribution in [0.2, 0.25) is 0 Å². The number of hydrogen-bond donors (Lipinski definition) is 1. The molecule has 1 aromatic rings. The topological polar surface area (TPSA) is 102 Å². The summed E-state index contributed by atoms with van der Waals surface area (Å²) >= 11 is 1.00. The molecule has 20 heavy (non-hydrogen) atoms. The molecule has 0 saturated carbocycles. The highest BCUT2D eigenvalue weighted by atomic mass is 32.2. The molecule has 0 aliphatic carbocycles. The molecule has 1 N–H and O–H groups in total. The molecule has 9 heteroatoms. The Morgan fingerprint density at radius 2 is 2.10 bits per heavy atom. The van der Waals surface area contributed by atoms with Crippen molar-refractivity contribution in [3.05, 3.63) is 16.1 Å². The summed E-state index contributed by atoms with van der Waals surface area (Å²) in [5.74, 6) is -1.18. The van der Waals surface area contributed by atoms with Crippen LogP contribution < -0.4 is 5.32 Å². The lowest BCUT2D eigenvalue weighted by Gasteiger charge is -2.03. The van der Waals surface area contributed by atoms with Gasteiger partial charge in [0, 0.05) is 17.7 Å². The number of sulfone groups is 1. The van der Waals surface area contributed by atoms with Crippen molar-refractivity contribution in [1.29, 1.82) is 0 Å². The SMILES string of the molecule is CCOC(=O)c1nc(C(=O)NCCS(=O)(=O)CC)cs1. The second kappa shape index (κ2) is 7.34. The van der Waals surface area contributed by atoms with Gasteiger partial charge in [0.2, 0.25) is 5.01 Å². The molecule has 0 fully saturated rings. The Balaban J connectivity index is 2.54. The van der Waals surface area contributed by atoms with Crippen LogP contribution >= 0.6 is 11.3 Å². The molecule has 0 aliphatic rings. The van der Waals surface area contributed by atoms with Gasteiger partial charge in [-0.25, -0.2) is 18.2 Å². The quantitative estimate of drug-likeness (QED) is 0.733. The zero-order valence-corrected chi connectivity index (χ0v) is 12.8. The van der Waals surface area contributed by atoms with Gasteiger partial charge in [0.25, 0.3) is 5.91 Å². The van der Waals surface area contributed by atoms with Crippen LogP contribution in [0, 0.1) is 0 Å². The Morgan fingerprint density at radius 3 is 2.70 bits per heavy atom. The lowest BCUT2D eigenvalue weighted by molar-refractivity contribution is 0.0526. The number of hydrogen-bond acceptors (Lipinski definition) is 7. The van der Waals surface area contributed by atoms with E-state index >= 15 is 0 Å². The third-order valence-corrected chi connectivity index (χ3v) is 4.85. The Labute approximate surface area is 121 Å². The van der Waals surface area contributed by atoms with Crippen molar-refractivity contribution in [2.45, 2.75) is 13.8 Å². The number of nitrogens with one attached hydrogen (secondary N) is 1. The Hall–Kier alpha value is -1.48. The first kappa shape index (κ1) is 16.6. The zero-order valence-electron chi connectivity index (χ0n) is 11.2. The van der Waals surface area contributed by atoms with Gasteiger partial charge in [-0.2, -0.15) is 0 Å². The van der Waals surface area contributed by atoms with E-state index in [1.807, 2.05) is 0 Å². The maximum absolute atomic E-state index is 11.7.